The Morgan fingerprint density at radius 3 is 2.43 bits per heavy atom. The highest BCUT2D eigenvalue weighted by Crippen LogP contribution is 2.38. The first-order valence-electron chi connectivity index (χ1n) is 12.0. The van der Waals surface area contributed by atoms with Crippen molar-refractivity contribution in [3.05, 3.63) is 77.9 Å². The zero-order chi connectivity index (χ0) is 26.3. The van der Waals surface area contributed by atoms with Crippen molar-refractivity contribution < 1.29 is 24.0 Å². The van der Waals surface area contributed by atoms with E-state index in [1.165, 1.54) is 16.3 Å². The van der Waals surface area contributed by atoms with Crippen molar-refractivity contribution in [3.8, 4) is 29.0 Å². The van der Waals surface area contributed by atoms with Gasteiger partial charge in [0.25, 0.3) is 0 Å². The number of phosphoric acid groups is 1. The molecule has 3 aromatic rings. The molecule has 1 fully saturated rings. The second kappa shape index (κ2) is 12.3. The summed E-state index contributed by atoms with van der Waals surface area (Å²) >= 11 is 0. The van der Waals surface area contributed by atoms with E-state index in [0.29, 0.717) is 24.2 Å². The predicted molar refractivity (Wildman–Crippen MR) is 138 cm³/mol. The Morgan fingerprint density at radius 1 is 1.14 bits per heavy atom. The number of phosphoric ester groups is 1. The third kappa shape index (κ3) is 7.38. The number of aliphatic hydroxyl groups excluding tert-OH is 1. The van der Waals surface area contributed by atoms with Gasteiger partial charge in [-0.1, -0.05) is 48.2 Å². The van der Waals surface area contributed by atoms with E-state index >= 15 is 0 Å². The molecule has 1 atom stereocenters. The van der Waals surface area contributed by atoms with E-state index in [-0.39, 0.29) is 13.2 Å². The van der Waals surface area contributed by atoms with Crippen molar-refractivity contribution in [3.63, 3.8) is 0 Å². The molecule has 10 heteroatoms. The molecule has 0 aliphatic heterocycles. The molecule has 37 heavy (non-hydrogen) atoms. The van der Waals surface area contributed by atoms with Crippen LogP contribution in [0.4, 0.5) is 0 Å². The van der Waals surface area contributed by atoms with Crippen LogP contribution in [-0.2, 0) is 15.7 Å². The molecule has 1 aliphatic carbocycles. The Labute approximate surface area is 216 Å². The maximum absolute atomic E-state index is 11.2. The lowest BCUT2D eigenvalue weighted by Gasteiger charge is -2.36. The van der Waals surface area contributed by atoms with Gasteiger partial charge in [0.05, 0.1) is 12.7 Å². The van der Waals surface area contributed by atoms with Crippen LogP contribution in [0.2, 0.25) is 0 Å². The van der Waals surface area contributed by atoms with Crippen LogP contribution in [0.25, 0.3) is 11.1 Å². The molecule has 0 saturated heterocycles. The third-order valence-electron chi connectivity index (χ3n) is 6.42. The maximum Gasteiger partial charge on any atom is 0.469 e. The van der Waals surface area contributed by atoms with Crippen molar-refractivity contribution in [1.82, 2.24) is 14.9 Å². The SMILES string of the molecule is N#CCCNC1CC(c2ccc(-c3ccc(C#CC(COP(=O)(O)O)n4ccnc4CO)cc3)cc2)C1. The molecular weight excluding hydrogens is 491 g/mol. The lowest BCUT2D eigenvalue weighted by Crippen LogP contribution is -2.40. The van der Waals surface area contributed by atoms with Gasteiger partial charge in [-0.25, -0.2) is 9.55 Å². The predicted octanol–water partition coefficient (Wildman–Crippen LogP) is 3.49. The van der Waals surface area contributed by atoms with E-state index in [4.69, 9.17) is 15.0 Å². The number of hydrogen-bond acceptors (Lipinski definition) is 6. The van der Waals surface area contributed by atoms with Gasteiger partial charge in [0.15, 0.2) is 0 Å². The third-order valence-corrected chi connectivity index (χ3v) is 6.90. The lowest BCUT2D eigenvalue weighted by atomic mass is 9.75. The molecule has 1 saturated carbocycles. The van der Waals surface area contributed by atoms with Crippen LogP contribution < -0.4 is 5.32 Å². The minimum absolute atomic E-state index is 0.320. The van der Waals surface area contributed by atoms with Crippen LogP contribution >= 0.6 is 7.82 Å². The van der Waals surface area contributed by atoms with E-state index in [0.717, 1.165) is 36.1 Å². The summed E-state index contributed by atoms with van der Waals surface area (Å²) in [5.74, 6) is 6.86. The highest BCUT2D eigenvalue weighted by molar-refractivity contribution is 7.46. The highest BCUT2D eigenvalue weighted by atomic mass is 31.2. The summed E-state index contributed by atoms with van der Waals surface area (Å²) in [6, 6.07) is 18.3. The molecule has 4 N–H and O–H groups in total. The summed E-state index contributed by atoms with van der Waals surface area (Å²) in [6.45, 7) is 0.0557. The molecular formula is C27H29N4O5P. The monoisotopic (exact) mass is 520 g/mol. The van der Waals surface area contributed by atoms with Gasteiger partial charge in [-0.2, -0.15) is 5.26 Å². The van der Waals surface area contributed by atoms with Gasteiger partial charge in [0.1, 0.15) is 18.5 Å². The fraction of sp³-hybridized carbons (Fsp3) is 0.333. The summed E-state index contributed by atoms with van der Waals surface area (Å²) in [4.78, 5) is 22.2. The Morgan fingerprint density at radius 2 is 1.81 bits per heavy atom. The topological polar surface area (TPSA) is 141 Å². The summed E-state index contributed by atoms with van der Waals surface area (Å²) in [5.41, 5.74) is 4.22. The van der Waals surface area contributed by atoms with E-state index < -0.39 is 13.9 Å². The average Bonchev–Trinajstić information content (AvgIpc) is 3.34. The van der Waals surface area contributed by atoms with Crippen LogP contribution in [0.15, 0.2) is 60.9 Å². The number of aliphatic hydroxyl groups is 1. The fourth-order valence-corrected chi connectivity index (χ4v) is 4.69. The zero-order valence-electron chi connectivity index (χ0n) is 20.2. The average molecular weight is 521 g/mol. The number of imidazole rings is 1. The molecule has 0 radical (unpaired) electrons. The van der Waals surface area contributed by atoms with Gasteiger partial charge >= 0.3 is 7.82 Å². The van der Waals surface area contributed by atoms with Crippen molar-refractivity contribution in [1.29, 1.82) is 5.26 Å². The molecule has 1 unspecified atom stereocenters. The number of benzene rings is 2. The van der Waals surface area contributed by atoms with E-state index in [1.54, 1.807) is 6.20 Å². The van der Waals surface area contributed by atoms with Gasteiger partial charge in [-0.15, -0.1) is 0 Å². The van der Waals surface area contributed by atoms with Crippen LogP contribution in [0.3, 0.4) is 0 Å². The second-order valence-corrected chi connectivity index (χ2v) is 10.1. The smallest absolute Gasteiger partial charge is 0.388 e. The number of nitrogens with zero attached hydrogens (tertiary/aromatic N) is 3. The quantitative estimate of drug-likeness (QED) is 0.181. The van der Waals surface area contributed by atoms with Gasteiger partial charge in [0, 0.05) is 37.0 Å². The van der Waals surface area contributed by atoms with Gasteiger partial charge in [-0.3, -0.25) is 4.52 Å². The van der Waals surface area contributed by atoms with Gasteiger partial charge in [-0.05, 0) is 47.6 Å². The van der Waals surface area contributed by atoms with Crippen molar-refractivity contribution in [2.24, 2.45) is 0 Å². The van der Waals surface area contributed by atoms with Gasteiger partial charge < -0.3 is 24.8 Å². The minimum atomic E-state index is -4.68. The molecule has 2 aromatic carbocycles. The van der Waals surface area contributed by atoms with Crippen LogP contribution in [0, 0.1) is 23.2 Å². The fourth-order valence-electron chi connectivity index (χ4n) is 4.36. The molecule has 1 heterocycles. The molecule has 0 bridgehead atoms. The summed E-state index contributed by atoms with van der Waals surface area (Å²) < 4.78 is 17.4. The Kier molecular flexibility index (Phi) is 8.91. The zero-order valence-corrected chi connectivity index (χ0v) is 21.1. The summed E-state index contributed by atoms with van der Waals surface area (Å²) in [6.07, 6.45) is 5.79. The number of rotatable bonds is 10. The molecule has 192 valence electrons. The Bertz CT molecular complexity index is 1330. The van der Waals surface area contributed by atoms with Crippen LogP contribution in [0.5, 0.6) is 0 Å². The number of aromatic nitrogens is 2. The lowest BCUT2D eigenvalue weighted by molar-refractivity contribution is 0.179. The van der Waals surface area contributed by atoms with Crippen molar-refractivity contribution in [2.45, 2.75) is 43.9 Å². The van der Waals surface area contributed by atoms with E-state index in [2.05, 4.69) is 57.0 Å². The first-order chi connectivity index (χ1) is 17.9. The summed E-state index contributed by atoms with van der Waals surface area (Å²) in [7, 11) is -4.68. The molecule has 9 nitrogen and oxygen atoms in total. The molecule has 4 rings (SSSR count). The van der Waals surface area contributed by atoms with Crippen LogP contribution in [-0.4, -0.2) is 43.6 Å². The number of nitriles is 1. The number of nitrogens with one attached hydrogen (secondary N) is 1. The standard InChI is InChI=1S/C27H29N4O5P/c28-12-1-13-29-25-16-24(17-25)23-9-7-22(8-10-23)21-5-2-20(3-6-21)4-11-26(19-36-37(33,34)35)31-15-14-30-27(31)18-32/h2-3,5-10,14-15,24-26,29,32H,1,13,16-19H2,(H2,33,34,35). The maximum atomic E-state index is 11.2. The molecule has 1 aromatic heterocycles. The normalized spacial score (nSPS) is 17.8. The van der Waals surface area contributed by atoms with Crippen molar-refractivity contribution in [2.75, 3.05) is 13.2 Å². The van der Waals surface area contributed by atoms with E-state index in [9.17, 15) is 9.67 Å². The molecule has 0 amide bonds. The largest absolute Gasteiger partial charge is 0.469 e. The minimum Gasteiger partial charge on any atom is -0.388 e. The van der Waals surface area contributed by atoms with E-state index in [1.807, 2.05) is 24.3 Å². The summed E-state index contributed by atoms with van der Waals surface area (Å²) in [5, 5.41) is 21.5. The first-order valence-corrected chi connectivity index (χ1v) is 13.5. The Hall–Kier alpha value is -3.27. The first kappa shape index (κ1) is 26.8. The second-order valence-electron chi connectivity index (χ2n) is 8.91. The van der Waals surface area contributed by atoms with Crippen molar-refractivity contribution >= 4 is 7.82 Å². The number of hydrogen-bond donors (Lipinski definition) is 4. The van der Waals surface area contributed by atoms with Gasteiger partial charge in [0.2, 0.25) is 0 Å². The Balaban J connectivity index is 1.40. The van der Waals surface area contributed by atoms with Crippen LogP contribution in [0.1, 0.15) is 48.2 Å². The highest BCUT2D eigenvalue weighted by Gasteiger charge is 2.29. The molecule has 1 aliphatic rings. The molecule has 0 spiro atoms.